The molecule has 4 rings (SSSR count). The van der Waals surface area contributed by atoms with Gasteiger partial charge in [-0.25, -0.2) is 4.98 Å². The highest BCUT2D eigenvalue weighted by Crippen LogP contribution is 2.24. The molecule has 0 aliphatic carbocycles. The molecule has 0 bridgehead atoms. The summed E-state index contributed by atoms with van der Waals surface area (Å²) >= 11 is 0. The molecule has 1 fully saturated rings. The van der Waals surface area contributed by atoms with Gasteiger partial charge < -0.3 is 9.80 Å². The number of benzene rings is 2. The van der Waals surface area contributed by atoms with Crippen molar-refractivity contribution in [3.63, 3.8) is 0 Å². The van der Waals surface area contributed by atoms with E-state index in [0.29, 0.717) is 0 Å². The molecule has 0 radical (unpaired) electrons. The zero-order chi connectivity index (χ0) is 18.8. The summed E-state index contributed by atoms with van der Waals surface area (Å²) in [4.78, 5) is 14.1. The number of piperazine rings is 1. The van der Waals surface area contributed by atoms with E-state index in [2.05, 4.69) is 78.0 Å². The van der Waals surface area contributed by atoms with Crippen molar-refractivity contribution in [2.75, 3.05) is 36.0 Å². The quantitative estimate of drug-likeness (QED) is 0.695. The van der Waals surface area contributed by atoms with E-state index in [9.17, 15) is 0 Å². The molecule has 0 amide bonds. The zero-order valence-electron chi connectivity index (χ0n) is 16.3. The predicted molar refractivity (Wildman–Crippen MR) is 113 cm³/mol. The van der Waals surface area contributed by atoms with Crippen LogP contribution in [0.1, 0.15) is 16.7 Å². The van der Waals surface area contributed by atoms with Gasteiger partial charge in [0.2, 0.25) is 0 Å². The molecule has 1 aliphatic heterocycles. The summed E-state index contributed by atoms with van der Waals surface area (Å²) in [5.74, 6) is 0.968. The van der Waals surface area contributed by atoms with Gasteiger partial charge in [-0.05, 0) is 45.0 Å². The molecule has 2 heterocycles. The van der Waals surface area contributed by atoms with Crippen LogP contribution in [0.4, 0.5) is 11.5 Å². The highest BCUT2D eigenvalue weighted by molar-refractivity contribution is 5.62. The number of hydrogen-bond acceptors (Lipinski definition) is 4. The van der Waals surface area contributed by atoms with Crippen molar-refractivity contribution in [2.45, 2.75) is 20.8 Å². The van der Waals surface area contributed by atoms with Crippen molar-refractivity contribution < 1.29 is 0 Å². The van der Waals surface area contributed by atoms with Crippen LogP contribution in [-0.2, 0) is 0 Å². The first-order chi connectivity index (χ1) is 13.1. The van der Waals surface area contributed by atoms with Gasteiger partial charge in [0, 0.05) is 37.4 Å². The van der Waals surface area contributed by atoms with E-state index in [-0.39, 0.29) is 0 Å². The summed E-state index contributed by atoms with van der Waals surface area (Å²) < 4.78 is 0. The van der Waals surface area contributed by atoms with E-state index in [4.69, 9.17) is 4.98 Å². The molecule has 0 saturated carbocycles. The summed E-state index contributed by atoms with van der Waals surface area (Å²) in [6.07, 6.45) is 3.74. The molecule has 1 aromatic heterocycles. The summed E-state index contributed by atoms with van der Waals surface area (Å²) in [6, 6.07) is 15.3. The van der Waals surface area contributed by atoms with Gasteiger partial charge in [-0.1, -0.05) is 34.9 Å². The van der Waals surface area contributed by atoms with Crippen molar-refractivity contribution >= 4 is 11.5 Å². The Bertz CT molecular complexity index is 905. The van der Waals surface area contributed by atoms with Gasteiger partial charge in [0.15, 0.2) is 0 Å². The van der Waals surface area contributed by atoms with Crippen molar-refractivity contribution in [3.05, 3.63) is 71.5 Å². The van der Waals surface area contributed by atoms with Crippen LogP contribution in [0, 0.1) is 20.8 Å². The minimum atomic E-state index is 0.945. The standard InChI is InChI=1S/C23H26N4/c1-17-4-6-21(7-5-17)26-8-10-27(11-9-26)23-16-24-15-22(25-23)20-13-18(2)12-19(3)14-20/h4-7,12-16H,8-11H2,1-3H3. The molecule has 27 heavy (non-hydrogen) atoms. The predicted octanol–water partition coefficient (Wildman–Crippen LogP) is 4.40. The van der Waals surface area contributed by atoms with Crippen LogP contribution in [0.3, 0.4) is 0 Å². The molecule has 0 N–H and O–H groups in total. The lowest BCUT2D eigenvalue weighted by atomic mass is 10.1. The molecule has 0 spiro atoms. The van der Waals surface area contributed by atoms with E-state index in [1.54, 1.807) is 0 Å². The summed E-state index contributed by atoms with van der Waals surface area (Å²) in [7, 11) is 0. The Balaban J connectivity index is 1.49. The molecular formula is C23H26N4. The minimum Gasteiger partial charge on any atom is -0.368 e. The fraction of sp³-hybridized carbons (Fsp3) is 0.304. The van der Waals surface area contributed by atoms with Crippen LogP contribution in [0.25, 0.3) is 11.3 Å². The lowest BCUT2D eigenvalue weighted by Gasteiger charge is -2.36. The second kappa shape index (κ2) is 7.39. The third-order valence-corrected chi connectivity index (χ3v) is 5.14. The van der Waals surface area contributed by atoms with Crippen molar-refractivity contribution in [1.29, 1.82) is 0 Å². The Morgan fingerprint density at radius 3 is 2.00 bits per heavy atom. The first-order valence-corrected chi connectivity index (χ1v) is 9.56. The van der Waals surface area contributed by atoms with E-state index in [0.717, 1.165) is 43.3 Å². The second-order valence-electron chi connectivity index (χ2n) is 7.45. The van der Waals surface area contributed by atoms with Crippen LogP contribution in [0.5, 0.6) is 0 Å². The third kappa shape index (κ3) is 3.95. The van der Waals surface area contributed by atoms with Gasteiger partial charge in [0.25, 0.3) is 0 Å². The average Bonchev–Trinajstić information content (AvgIpc) is 2.68. The van der Waals surface area contributed by atoms with Gasteiger partial charge in [0.1, 0.15) is 5.82 Å². The SMILES string of the molecule is Cc1ccc(N2CCN(c3cncc(-c4cc(C)cc(C)c4)n3)CC2)cc1. The number of rotatable bonds is 3. The maximum Gasteiger partial charge on any atom is 0.147 e. The Labute approximate surface area is 161 Å². The van der Waals surface area contributed by atoms with Crippen LogP contribution in [-0.4, -0.2) is 36.1 Å². The topological polar surface area (TPSA) is 32.3 Å². The molecule has 4 heteroatoms. The Morgan fingerprint density at radius 2 is 1.33 bits per heavy atom. The summed E-state index contributed by atoms with van der Waals surface area (Å²) in [5, 5.41) is 0. The summed E-state index contributed by atoms with van der Waals surface area (Å²) in [5.41, 5.74) is 7.19. The van der Waals surface area contributed by atoms with E-state index in [1.165, 1.54) is 22.4 Å². The van der Waals surface area contributed by atoms with Crippen LogP contribution in [0.15, 0.2) is 54.9 Å². The lowest BCUT2D eigenvalue weighted by Crippen LogP contribution is -2.46. The molecule has 0 unspecified atom stereocenters. The Hall–Kier alpha value is -2.88. The van der Waals surface area contributed by atoms with Gasteiger partial charge >= 0.3 is 0 Å². The van der Waals surface area contributed by atoms with Crippen molar-refractivity contribution in [2.24, 2.45) is 0 Å². The molecule has 1 saturated heterocycles. The van der Waals surface area contributed by atoms with Crippen molar-refractivity contribution in [1.82, 2.24) is 9.97 Å². The van der Waals surface area contributed by atoms with E-state index >= 15 is 0 Å². The maximum atomic E-state index is 4.90. The second-order valence-corrected chi connectivity index (χ2v) is 7.45. The number of aromatic nitrogens is 2. The number of aryl methyl sites for hydroxylation is 3. The fourth-order valence-electron chi connectivity index (χ4n) is 3.72. The third-order valence-electron chi connectivity index (χ3n) is 5.14. The summed E-state index contributed by atoms with van der Waals surface area (Å²) in [6.45, 7) is 10.3. The average molecular weight is 358 g/mol. The maximum absolute atomic E-state index is 4.90. The lowest BCUT2D eigenvalue weighted by molar-refractivity contribution is 0.646. The fourth-order valence-corrected chi connectivity index (χ4v) is 3.72. The molecule has 2 aromatic carbocycles. The minimum absolute atomic E-state index is 0.945. The highest BCUT2D eigenvalue weighted by Gasteiger charge is 2.19. The molecule has 138 valence electrons. The van der Waals surface area contributed by atoms with Gasteiger partial charge in [-0.2, -0.15) is 0 Å². The molecular weight excluding hydrogens is 332 g/mol. The normalized spacial score (nSPS) is 14.5. The van der Waals surface area contributed by atoms with E-state index < -0.39 is 0 Å². The first kappa shape index (κ1) is 17.5. The van der Waals surface area contributed by atoms with Crippen molar-refractivity contribution in [3.8, 4) is 11.3 Å². The van der Waals surface area contributed by atoms with Gasteiger partial charge in [-0.3, -0.25) is 4.98 Å². The number of hydrogen-bond donors (Lipinski definition) is 0. The van der Waals surface area contributed by atoms with Gasteiger partial charge in [-0.15, -0.1) is 0 Å². The molecule has 4 nitrogen and oxygen atoms in total. The monoisotopic (exact) mass is 358 g/mol. The van der Waals surface area contributed by atoms with E-state index in [1.807, 2.05) is 12.4 Å². The molecule has 1 aliphatic rings. The van der Waals surface area contributed by atoms with Crippen LogP contribution in [0.2, 0.25) is 0 Å². The smallest absolute Gasteiger partial charge is 0.147 e. The van der Waals surface area contributed by atoms with Crippen LogP contribution >= 0.6 is 0 Å². The zero-order valence-corrected chi connectivity index (χ0v) is 16.3. The Morgan fingerprint density at radius 1 is 0.704 bits per heavy atom. The Kier molecular flexibility index (Phi) is 4.80. The molecule has 3 aromatic rings. The van der Waals surface area contributed by atoms with Gasteiger partial charge in [0.05, 0.1) is 18.1 Å². The highest BCUT2D eigenvalue weighted by atomic mass is 15.3. The number of anilines is 2. The molecule has 0 atom stereocenters. The first-order valence-electron chi connectivity index (χ1n) is 9.56. The van der Waals surface area contributed by atoms with Crippen LogP contribution < -0.4 is 9.80 Å². The largest absolute Gasteiger partial charge is 0.368 e. The number of nitrogens with zero attached hydrogens (tertiary/aromatic N) is 4.